The van der Waals surface area contributed by atoms with Crippen LogP contribution in [0.5, 0.6) is 0 Å². The molecule has 0 radical (unpaired) electrons. The van der Waals surface area contributed by atoms with Gasteiger partial charge in [0.15, 0.2) is 0 Å². The highest BCUT2D eigenvalue weighted by Gasteiger charge is 2.00. The lowest BCUT2D eigenvalue weighted by atomic mass is 10.5. The average Bonchev–Trinajstić information content (AvgIpc) is 2.03. The molecule has 0 spiro atoms. The van der Waals surface area contributed by atoms with E-state index in [1.54, 1.807) is 20.4 Å². The van der Waals surface area contributed by atoms with Crippen molar-refractivity contribution in [3.05, 3.63) is 18.0 Å². The normalized spacial score (nSPS) is 9.73. The molecule has 11 heavy (non-hydrogen) atoms. The molecule has 1 aromatic heterocycles. The van der Waals surface area contributed by atoms with Crippen LogP contribution in [0.15, 0.2) is 12.3 Å². The minimum absolute atomic E-state index is 0.576. The van der Waals surface area contributed by atoms with Crippen LogP contribution in [0, 0.1) is 6.92 Å². The summed E-state index contributed by atoms with van der Waals surface area (Å²) in [6.07, 6.45) is 1.70. The second-order valence-corrected chi connectivity index (χ2v) is 2.18. The minimum atomic E-state index is 0.576. The van der Waals surface area contributed by atoms with Crippen molar-refractivity contribution in [1.82, 2.24) is 9.97 Å². The summed E-state index contributed by atoms with van der Waals surface area (Å²) in [4.78, 5) is 13.0. The molecule has 0 unspecified atom stereocenters. The van der Waals surface area contributed by atoms with Crippen LogP contribution in [0.2, 0.25) is 0 Å². The van der Waals surface area contributed by atoms with Crippen molar-refractivity contribution in [3.63, 3.8) is 0 Å². The van der Waals surface area contributed by atoms with Crippen molar-refractivity contribution in [2.45, 2.75) is 6.92 Å². The lowest BCUT2D eigenvalue weighted by molar-refractivity contribution is 0.180. The molecule has 0 N–H and O–H groups in total. The van der Waals surface area contributed by atoms with Crippen LogP contribution >= 0.6 is 0 Å². The molecule has 0 amide bonds. The van der Waals surface area contributed by atoms with Crippen LogP contribution in [0.4, 0.5) is 5.95 Å². The van der Waals surface area contributed by atoms with Crippen LogP contribution in [0.25, 0.3) is 0 Å². The van der Waals surface area contributed by atoms with E-state index in [0.717, 1.165) is 5.69 Å². The first kappa shape index (κ1) is 7.94. The molecule has 1 rings (SSSR count). The van der Waals surface area contributed by atoms with Gasteiger partial charge in [0.25, 0.3) is 0 Å². The van der Waals surface area contributed by atoms with Crippen molar-refractivity contribution < 1.29 is 4.84 Å². The molecule has 1 heterocycles. The summed E-state index contributed by atoms with van der Waals surface area (Å²) < 4.78 is 0. The number of hydrogen-bond acceptors (Lipinski definition) is 4. The Morgan fingerprint density at radius 1 is 1.55 bits per heavy atom. The third-order valence-corrected chi connectivity index (χ3v) is 1.34. The van der Waals surface area contributed by atoms with E-state index in [0.29, 0.717) is 5.95 Å². The van der Waals surface area contributed by atoms with Gasteiger partial charge in [-0.15, -0.1) is 0 Å². The summed E-state index contributed by atoms with van der Waals surface area (Å²) in [6.45, 7) is 1.91. The van der Waals surface area contributed by atoms with Gasteiger partial charge in [0, 0.05) is 18.9 Å². The van der Waals surface area contributed by atoms with E-state index in [-0.39, 0.29) is 0 Å². The van der Waals surface area contributed by atoms with Gasteiger partial charge in [-0.2, -0.15) is 0 Å². The summed E-state index contributed by atoms with van der Waals surface area (Å²) in [5.41, 5.74) is 0.930. The SMILES string of the molecule is CON(C)c1nccc(C)n1. The summed E-state index contributed by atoms with van der Waals surface area (Å²) in [6, 6.07) is 1.84. The highest BCUT2D eigenvalue weighted by molar-refractivity contribution is 5.24. The summed E-state index contributed by atoms with van der Waals surface area (Å²) in [5, 5.41) is 1.51. The Morgan fingerprint density at radius 3 is 2.82 bits per heavy atom. The molecular weight excluding hydrogens is 142 g/mol. The van der Waals surface area contributed by atoms with Crippen molar-refractivity contribution in [2.75, 3.05) is 19.2 Å². The Balaban J connectivity index is 2.86. The first-order valence-electron chi connectivity index (χ1n) is 3.31. The van der Waals surface area contributed by atoms with E-state index in [1.807, 2.05) is 13.0 Å². The van der Waals surface area contributed by atoms with Gasteiger partial charge in [-0.3, -0.25) is 4.84 Å². The highest BCUT2D eigenvalue weighted by Crippen LogP contribution is 2.03. The van der Waals surface area contributed by atoms with Crippen molar-refractivity contribution in [3.8, 4) is 0 Å². The zero-order valence-electron chi connectivity index (χ0n) is 6.90. The van der Waals surface area contributed by atoms with Gasteiger partial charge < -0.3 is 0 Å². The van der Waals surface area contributed by atoms with Gasteiger partial charge in [-0.1, -0.05) is 0 Å². The molecule has 0 aliphatic carbocycles. The van der Waals surface area contributed by atoms with Gasteiger partial charge in [-0.05, 0) is 13.0 Å². The van der Waals surface area contributed by atoms with Crippen LogP contribution in [-0.4, -0.2) is 24.1 Å². The Morgan fingerprint density at radius 2 is 2.27 bits per heavy atom. The zero-order chi connectivity index (χ0) is 8.27. The van der Waals surface area contributed by atoms with E-state index in [2.05, 4.69) is 9.97 Å². The van der Waals surface area contributed by atoms with Gasteiger partial charge in [0.05, 0.1) is 7.11 Å². The van der Waals surface area contributed by atoms with Crippen molar-refractivity contribution in [2.24, 2.45) is 0 Å². The number of hydrogen-bond donors (Lipinski definition) is 0. The lowest BCUT2D eigenvalue weighted by Crippen LogP contribution is -2.17. The first-order chi connectivity index (χ1) is 5.24. The van der Waals surface area contributed by atoms with Crippen LogP contribution in [0.3, 0.4) is 0 Å². The zero-order valence-corrected chi connectivity index (χ0v) is 6.90. The number of rotatable bonds is 2. The molecular formula is C7H11N3O. The fraction of sp³-hybridized carbons (Fsp3) is 0.429. The molecule has 0 fully saturated rings. The summed E-state index contributed by atoms with van der Waals surface area (Å²) in [5.74, 6) is 0.576. The first-order valence-corrected chi connectivity index (χ1v) is 3.31. The standard InChI is InChI=1S/C7H11N3O/c1-6-4-5-8-7(9-6)10(2)11-3/h4-5H,1-3H3. The van der Waals surface area contributed by atoms with Gasteiger partial charge in [0.2, 0.25) is 5.95 Å². The van der Waals surface area contributed by atoms with Crippen molar-refractivity contribution >= 4 is 5.95 Å². The van der Waals surface area contributed by atoms with Crippen LogP contribution < -0.4 is 5.06 Å². The maximum absolute atomic E-state index is 4.90. The molecule has 1 aromatic rings. The van der Waals surface area contributed by atoms with Crippen LogP contribution in [-0.2, 0) is 4.84 Å². The Kier molecular flexibility index (Phi) is 2.38. The summed E-state index contributed by atoms with van der Waals surface area (Å²) in [7, 11) is 3.33. The third-order valence-electron chi connectivity index (χ3n) is 1.34. The Bertz CT molecular complexity index is 239. The highest BCUT2D eigenvalue weighted by atomic mass is 16.7. The topological polar surface area (TPSA) is 38.2 Å². The fourth-order valence-corrected chi connectivity index (χ4v) is 0.669. The van der Waals surface area contributed by atoms with Gasteiger partial charge in [-0.25, -0.2) is 15.0 Å². The predicted molar refractivity (Wildman–Crippen MR) is 42.2 cm³/mol. The van der Waals surface area contributed by atoms with E-state index >= 15 is 0 Å². The number of hydroxylamine groups is 1. The van der Waals surface area contributed by atoms with Gasteiger partial charge >= 0.3 is 0 Å². The molecule has 0 atom stereocenters. The number of nitrogens with zero attached hydrogens (tertiary/aromatic N) is 3. The quantitative estimate of drug-likeness (QED) is 0.588. The maximum atomic E-state index is 4.90. The Hall–Kier alpha value is -1.16. The number of aromatic nitrogens is 2. The monoisotopic (exact) mass is 153 g/mol. The van der Waals surface area contributed by atoms with E-state index in [4.69, 9.17) is 4.84 Å². The molecule has 0 aliphatic heterocycles. The number of anilines is 1. The van der Waals surface area contributed by atoms with E-state index < -0.39 is 0 Å². The molecule has 0 saturated heterocycles. The second-order valence-electron chi connectivity index (χ2n) is 2.18. The van der Waals surface area contributed by atoms with Crippen LogP contribution in [0.1, 0.15) is 5.69 Å². The minimum Gasteiger partial charge on any atom is -0.274 e. The second kappa shape index (κ2) is 3.30. The lowest BCUT2D eigenvalue weighted by Gasteiger charge is -2.12. The molecule has 0 aliphatic rings. The van der Waals surface area contributed by atoms with E-state index in [1.165, 1.54) is 5.06 Å². The van der Waals surface area contributed by atoms with Crippen molar-refractivity contribution in [1.29, 1.82) is 0 Å². The third kappa shape index (κ3) is 1.88. The summed E-state index contributed by atoms with van der Waals surface area (Å²) >= 11 is 0. The molecule has 0 bridgehead atoms. The molecule has 0 aromatic carbocycles. The van der Waals surface area contributed by atoms with E-state index in [9.17, 15) is 0 Å². The van der Waals surface area contributed by atoms with Gasteiger partial charge in [0.1, 0.15) is 0 Å². The Labute approximate surface area is 65.8 Å². The fourth-order valence-electron chi connectivity index (χ4n) is 0.669. The molecule has 60 valence electrons. The number of aryl methyl sites for hydroxylation is 1. The molecule has 4 heteroatoms. The molecule has 0 saturated carbocycles. The maximum Gasteiger partial charge on any atom is 0.249 e. The molecule has 4 nitrogen and oxygen atoms in total. The smallest absolute Gasteiger partial charge is 0.249 e. The average molecular weight is 153 g/mol. The largest absolute Gasteiger partial charge is 0.274 e. The predicted octanol–water partition coefficient (Wildman–Crippen LogP) is 0.783.